The molecular formula is C17H22N4O3. The summed E-state index contributed by atoms with van der Waals surface area (Å²) in [5, 5.41) is 0. The molecule has 24 heavy (non-hydrogen) atoms. The van der Waals surface area contributed by atoms with E-state index < -0.39 is 0 Å². The van der Waals surface area contributed by atoms with Crippen molar-refractivity contribution in [2.45, 2.75) is 0 Å². The fraction of sp³-hybridized carbons (Fsp3) is 0.412. The molecule has 0 saturated carbocycles. The second-order valence-corrected chi connectivity index (χ2v) is 5.46. The first-order chi connectivity index (χ1) is 11.8. The minimum atomic E-state index is 0.327. The summed E-state index contributed by atoms with van der Waals surface area (Å²) in [7, 11) is 3.15. The number of rotatable bonds is 6. The van der Waals surface area contributed by atoms with Gasteiger partial charge in [0.15, 0.2) is 0 Å². The van der Waals surface area contributed by atoms with Crippen molar-refractivity contribution in [1.29, 1.82) is 0 Å². The van der Waals surface area contributed by atoms with Crippen LogP contribution in [-0.4, -0.2) is 61.8 Å². The van der Waals surface area contributed by atoms with Crippen LogP contribution in [0.4, 0.5) is 5.82 Å². The van der Waals surface area contributed by atoms with Crippen LogP contribution in [-0.2, 0) is 0 Å². The summed E-state index contributed by atoms with van der Waals surface area (Å²) in [5.74, 6) is 2.24. The lowest BCUT2D eigenvalue weighted by Crippen LogP contribution is -2.46. The van der Waals surface area contributed by atoms with E-state index >= 15 is 0 Å². The van der Waals surface area contributed by atoms with E-state index in [0.29, 0.717) is 11.9 Å². The number of nitrogens with zero attached hydrogens (tertiary/aromatic N) is 4. The number of hydrogen-bond donors (Lipinski definition) is 0. The molecule has 1 aliphatic heterocycles. The quantitative estimate of drug-likeness (QED) is 0.802. The average Bonchev–Trinajstić information content (AvgIpc) is 3.15. The highest BCUT2D eigenvalue weighted by Gasteiger charge is 2.19. The summed E-state index contributed by atoms with van der Waals surface area (Å²) in [6.45, 7) is 4.65. The number of piperazine rings is 1. The molecule has 7 heteroatoms. The molecule has 0 amide bonds. The van der Waals surface area contributed by atoms with Gasteiger partial charge in [-0.3, -0.25) is 4.90 Å². The van der Waals surface area contributed by atoms with Gasteiger partial charge in [-0.25, -0.2) is 0 Å². The SMILES string of the molecule is COc1cc(N2CCN(C/C=C/c3ccco3)CC2)nc(OC)n1. The van der Waals surface area contributed by atoms with Crippen molar-refractivity contribution in [2.75, 3.05) is 51.8 Å². The van der Waals surface area contributed by atoms with E-state index in [9.17, 15) is 0 Å². The van der Waals surface area contributed by atoms with Crippen LogP contribution in [0.5, 0.6) is 11.9 Å². The fourth-order valence-corrected chi connectivity index (χ4v) is 2.61. The molecule has 0 bridgehead atoms. The van der Waals surface area contributed by atoms with E-state index in [-0.39, 0.29) is 0 Å². The molecule has 0 aliphatic carbocycles. The predicted octanol–water partition coefficient (Wildman–Crippen LogP) is 1.92. The Morgan fingerprint density at radius 1 is 1.17 bits per heavy atom. The Hall–Kier alpha value is -2.54. The van der Waals surface area contributed by atoms with Gasteiger partial charge in [0.2, 0.25) is 5.88 Å². The second-order valence-electron chi connectivity index (χ2n) is 5.46. The summed E-state index contributed by atoms with van der Waals surface area (Å²) >= 11 is 0. The van der Waals surface area contributed by atoms with Crippen LogP contribution in [0.2, 0.25) is 0 Å². The zero-order chi connectivity index (χ0) is 16.8. The van der Waals surface area contributed by atoms with Crippen molar-refractivity contribution < 1.29 is 13.9 Å². The Morgan fingerprint density at radius 2 is 2.00 bits per heavy atom. The van der Waals surface area contributed by atoms with Crippen LogP contribution < -0.4 is 14.4 Å². The van der Waals surface area contributed by atoms with Crippen LogP contribution in [0.15, 0.2) is 35.0 Å². The zero-order valence-corrected chi connectivity index (χ0v) is 14.0. The minimum Gasteiger partial charge on any atom is -0.481 e. The van der Waals surface area contributed by atoms with Gasteiger partial charge in [0, 0.05) is 38.8 Å². The summed E-state index contributed by atoms with van der Waals surface area (Å²) < 4.78 is 15.6. The molecular weight excluding hydrogens is 308 g/mol. The van der Waals surface area contributed by atoms with Crippen LogP contribution in [0, 0.1) is 0 Å². The van der Waals surface area contributed by atoms with E-state index in [1.54, 1.807) is 20.5 Å². The fourth-order valence-electron chi connectivity index (χ4n) is 2.61. The molecule has 0 unspecified atom stereocenters. The average molecular weight is 330 g/mol. The molecule has 1 saturated heterocycles. The summed E-state index contributed by atoms with van der Waals surface area (Å²) in [6.07, 6.45) is 5.82. The highest BCUT2D eigenvalue weighted by molar-refractivity contribution is 5.44. The van der Waals surface area contributed by atoms with Gasteiger partial charge in [0.25, 0.3) is 0 Å². The van der Waals surface area contributed by atoms with Crippen molar-refractivity contribution in [3.63, 3.8) is 0 Å². The van der Waals surface area contributed by atoms with Crippen molar-refractivity contribution in [2.24, 2.45) is 0 Å². The molecule has 0 aromatic carbocycles. The van der Waals surface area contributed by atoms with E-state index in [0.717, 1.165) is 44.3 Å². The lowest BCUT2D eigenvalue weighted by atomic mass is 10.3. The Morgan fingerprint density at radius 3 is 2.67 bits per heavy atom. The Labute approximate surface area is 141 Å². The third-order valence-electron chi connectivity index (χ3n) is 3.95. The predicted molar refractivity (Wildman–Crippen MR) is 91.5 cm³/mol. The van der Waals surface area contributed by atoms with Gasteiger partial charge in [0.05, 0.1) is 20.5 Å². The Balaban J connectivity index is 1.55. The van der Waals surface area contributed by atoms with Gasteiger partial charge < -0.3 is 18.8 Å². The third kappa shape index (κ3) is 4.05. The molecule has 1 fully saturated rings. The molecule has 2 aromatic rings. The first-order valence-corrected chi connectivity index (χ1v) is 7.93. The molecule has 3 heterocycles. The van der Waals surface area contributed by atoms with E-state index in [2.05, 4.69) is 25.8 Å². The largest absolute Gasteiger partial charge is 0.481 e. The van der Waals surface area contributed by atoms with Crippen LogP contribution in [0.25, 0.3) is 6.08 Å². The van der Waals surface area contributed by atoms with E-state index in [1.807, 2.05) is 24.3 Å². The zero-order valence-electron chi connectivity index (χ0n) is 14.0. The third-order valence-corrected chi connectivity index (χ3v) is 3.95. The number of anilines is 1. The number of hydrogen-bond acceptors (Lipinski definition) is 7. The number of aromatic nitrogens is 2. The van der Waals surface area contributed by atoms with Gasteiger partial charge in [-0.05, 0) is 18.2 Å². The molecule has 7 nitrogen and oxygen atoms in total. The highest BCUT2D eigenvalue weighted by Crippen LogP contribution is 2.21. The van der Waals surface area contributed by atoms with Gasteiger partial charge in [0.1, 0.15) is 11.6 Å². The molecule has 0 atom stereocenters. The van der Waals surface area contributed by atoms with E-state index in [4.69, 9.17) is 13.9 Å². The number of furan rings is 1. The smallest absolute Gasteiger partial charge is 0.321 e. The molecule has 128 valence electrons. The molecule has 0 spiro atoms. The van der Waals surface area contributed by atoms with Crippen molar-refractivity contribution in [3.8, 4) is 11.9 Å². The maximum atomic E-state index is 5.29. The first-order valence-electron chi connectivity index (χ1n) is 7.93. The normalized spacial score (nSPS) is 15.8. The maximum absolute atomic E-state index is 5.29. The van der Waals surface area contributed by atoms with Crippen LogP contribution >= 0.6 is 0 Å². The van der Waals surface area contributed by atoms with Crippen molar-refractivity contribution >= 4 is 11.9 Å². The Bertz CT molecular complexity index is 642. The summed E-state index contributed by atoms with van der Waals surface area (Å²) in [4.78, 5) is 13.2. The molecule has 0 N–H and O–H groups in total. The minimum absolute atomic E-state index is 0.327. The molecule has 0 radical (unpaired) electrons. The summed E-state index contributed by atoms with van der Waals surface area (Å²) in [6, 6.07) is 6.01. The van der Waals surface area contributed by atoms with Crippen molar-refractivity contribution in [3.05, 3.63) is 36.3 Å². The molecule has 1 aliphatic rings. The Kier molecular flexibility index (Phi) is 5.32. The van der Waals surface area contributed by atoms with Crippen LogP contribution in [0.3, 0.4) is 0 Å². The monoisotopic (exact) mass is 330 g/mol. The first kappa shape index (κ1) is 16.3. The van der Waals surface area contributed by atoms with Gasteiger partial charge >= 0.3 is 6.01 Å². The second kappa shape index (κ2) is 7.83. The van der Waals surface area contributed by atoms with Gasteiger partial charge in [-0.2, -0.15) is 9.97 Å². The lowest BCUT2D eigenvalue weighted by molar-refractivity contribution is 0.282. The maximum Gasteiger partial charge on any atom is 0.321 e. The lowest BCUT2D eigenvalue weighted by Gasteiger charge is -2.34. The number of ether oxygens (including phenoxy) is 2. The summed E-state index contributed by atoms with van der Waals surface area (Å²) in [5.41, 5.74) is 0. The van der Waals surface area contributed by atoms with Crippen molar-refractivity contribution in [1.82, 2.24) is 14.9 Å². The van der Waals surface area contributed by atoms with Gasteiger partial charge in [-0.1, -0.05) is 6.08 Å². The topological polar surface area (TPSA) is 63.9 Å². The number of methoxy groups -OCH3 is 2. The van der Waals surface area contributed by atoms with Crippen LogP contribution in [0.1, 0.15) is 5.76 Å². The highest BCUT2D eigenvalue weighted by atomic mass is 16.5. The molecule has 2 aromatic heterocycles. The van der Waals surface area contributed by atoms with Gasteiger partial charge in [-0.15, -0.1) is 0 Å². The standard InChI is InChI=1S/C17H22N4O3/c1-22-16-13-15(18-17(19-16)23-2)21-10-8-20(9-11-21)7-3-5-14-6-4-12-24-14/h3-6,12-13H,7-11H2,1-2H3/b5-3+. The molecule has 3 rings (SSSR count). The van der Waals surface area contributed by atoms with E-state index in [1.165, 1.54) is 0 Å².